The molecule has 2 nitrogen and oxygen atoms in total. The van der Waals surface area contributed by atoms with Gasteiger partial charge in [0.25, 0.3) is 0 Å². The Labute approximate surface area is 66.3 Å². The molecule has 0 aromatic carbocycles. The fourth-order valence-electron chi connectivity index (χ4n) is 1.88. The third-order valence-corrected chi connectivity index (χ3v) is 3.47. The molecule has 2 N–H and O–H groups in total. The van der Waals surface area contributed by atoms with Crippen molar-refractivity contribution in [2.45, 2.75) is 25.8 Å². The summed E-state index contributed by atoms with van der Waals surface area (Å²) in [6, 6.07) is 0. The van der Waals surface area contributed by atoms with Crippen LogP contribution in [0.1, 0.15) is 20.3 Å². The summed E-state index contributed by atoms with van der Waals surface area (Å²) in [5.74, 6) is 1.35. The molecule has 0 spiro atoms. The topological polar surface area (TPSA) is 24.1 Å². The van der Waals surface area contributed by atoms with Gasteiger partial charge in [0.2, 0.25) is 0 Å². The molecule has 10 heavy (non-hydrogen) atoms. The van der Waals surface area contributed by atoms with Gasteiger partial charge in [-0.05, 0) is 19.3 Å². The Morgan fingerprint density at radius 2 is 2.40 bits per heavy atom. The maximum absolute atomic E-state index is 5.12. The van der Waals surface area contributed by atoms with Crippen molar-refractivity contribution >= 4 is 17.2 Å². The van der Waals surface area contributed by atoms with Crippen molar-refractivity contribution in [3.8, 4) is 0 Å². The van der Waals surface area contributed by atoms with Crippen LogP contribution in [-0.4, -0.2) is 10.5 Å². The van der Waals surface area contributed by atoms with Crippen molar-refractivity contribution in [1.29, 1.82) is 0 Å². The maximum atomic E-state index is 5.12. The zero-order chi connectivity index (χ0) is 7.35. The van der Waals surface area contributed by atoms with Crippen LogP contribution in [0.15, 0.2) is 0 Å². The van der Waals surface area contributed by atoms with E-state index in [4.69, 9.17) is 12.2 Å². The van der Waals surface area contributed by atoms with Gasteiger partial charge >= 0.3 is 0 Å². The summed E-state index contributed by atoms with van der Waals surface area (Å²) in [6.45, 7) is 4.50. The fourth-order valence-corrected chi connectivity index (χ4v) is 2.22. The van der Waals surface area contributed by atoms with Gasteiger partial charge in [0.05, 0.1) is 4.99 Å². The Hall–Kier alpha value is -0.150. The number of thiocarbonyl (C=S) groups is 1. The van der Waals surface area contributed by atoms with E-state index in [9.17, 15) is 0 Å². The van der Waals surface area contributed by atoms with E-state index in [1.54, 1.807) is 0 Å². The molecular formula is C7H12N2S. The molecule has 2 bridgehead atoms. The van der Waals surface area contributed by atoms with Crippen molar-refractivity contribution in [2.24, 2.45) is 11.8 Å². The minimum atomic E-state index is 0.312. The molecule has 2 saturated heterocycles. The molecule has 3 fully saturated rings. The molecule has 2 heterocycles. The smallest absolute Gasteiger partial charge is 0.0930 e. The summed E-state index contributed by atoms with van der Waals surface area (Å²) in [5, 5.41) is 0. The predicted molar refractivity (Wildman–Crippen MR) is 44.5 cm³/mol. The molecule has 1 aliphatic carbocycles. The van der Waals surface area contributed by atoms with E-state index in [0.29, 0.717) is 17.4 Å². The van der Waals surface area contributed by atoms with Gasteiger partial charge in [-0.25, -0.2) is 5.43 Å². The van der Waals surface area contributed by atoms with E-state index < -0.39 is 0 Å². The quantitative estimate of drug-likeness (QED) is 0.508. The van der Waals surface area contributed by atoms with E-state index in [1.807, 2.05) is 0 Å². The molecule has 0 radical (unpaired) electrons. The van der Waals surface area contributed by atoms with Crippen LogP contribution in [-0.2, 0) is 0 Å². The van der Waals surface area contributed by atoms with Crippen molar-refractivity contribution < 1.29 is 0 Å². The van der Waals surface area contributed by atoms with Crippen LogP contribution in [0, 0.1) is 11.8 Å². The van der Waals surface area contributed by atoms with E-state index in [0.717, 1.165) is 4.99 Å². The standard InChI is InChI=1S/C7H12N2S/c1-4-5-3-7(4,2)9-8-6(5)10/h4-5,9H,3H2,1-2H3,(H,8,10). The molecular weight excluding hydrogens is 144 g/mol. The molecule has 0 aromatic heterocycles. The van der Waals surface area contributed by atoms with Crippen molar-refractivity contribution in [3.05, 3.63) is 0 Å². The molecule has 0 aromatic rings. The Morgan fingerprint density at radius 1 is 1.70 bits per heavy atom. The molecule has 3 rings (SSSR count). The summed E-state index contributed by atoms with van der Waals surface area (Å²) < 4.78 is 0. The SMILES string of the molecule is CC1C2CC1(C)NNC2=S. The molecule has 3 aliphatic rings. The highest BCUT2D eigenvalue weighted by molar-refractivity contribution is 7.80. The van der Waals surface area contributed by atoms with Crippen LogP contribution in [0.5, 0.6) is 0 Å². The highest BCUT2D eigenvalue weighted by Gasteiger charge is 2.52. The number of hydrogen-bond donors (Lipinski definition) is 2. The molecule has 1 saturated carbocycles. The second kappa shape index (κ2) is 1.71. The Morgan fingerprint density at radius 3 is 2.80 bits per heavy atom. The largest absolute Gasteiger partial charge is 0.315 e. The zero-order valence-corrected chi connectivity index (χ0v) is 7.09. The van der Waals surface area contributed by atoms with E-state index in [2.05, 4.69) is 24.7 Å². The second-order valence-corrected chi connectivity index (χ2v) is 4.07. The van der Waals surface area contributed by atoms with Gasteiger partial charge in [0.1, 0.15) is 0 Å². The van der Waals surface area contributed by atoms with Gasteiger partial charge in [-0.3, -0.25) is 0 Å². The van der Waals surface area contributed by atoms with Crippen LogP contribution in [0.25, 0.3) is 0 Å². The summed E-state index contributed by atoms with van der Waals surface area (Å²) in [4.78, 5) is 0.997. The monoisotopic (exact) mass is 156 g/mol. The highest BCUT2D eigenvalue weighted by atomic mass is 32.1. The first-order valence-corrected chi connectivity index (χ1v) is 4.11. The van der Waals surface area contributed by atoms with Gasteiger partial charge in [0, 0.05) is 11.5 Å². The van der Waals surface area contributed by atoms with E-state index in [-0.39, 0.29) is 0 Å². The zero-order valence-electron chi connectivity index (χ0n) is 6.27. The second-order valence-electron chi connectivity index (χ2n) is 3.63. The molecule has 0 amide bonds. The molecule has 3 atom stereocenters. The lowest BCUT2D eigenvalue weighted by molar-refractivity contribution is 0.0407. The lowest BCUT2D eigenvalue weighted by Gasteiger charge is -2.57. The Balaban J connectivity index is 2.20. The summed E-state index contributed by atoms with van der Waals surface area (Å²) in [5.41, 5.74) is 6.58. The lowest BCUT2D eigenvalue weighted by Crippen LogP contribution is -2.73. The molecule has 56 valence electrons. The minimum Gasteiger partial charge on any atom is -0.315 e. The number of hydrogen-bond acceptors (Lipinski definition) is 2. The van der Waals surface area contributed by atoms with Crippen LogP contribution in [0.4, 0.5) is 0 Å². The Kier molecular flexibility index (Phi) is 1.12. The molecule has 3 heteroatoms. The Bertz CT molecular complexity index is 188. The van der Waals surface area contributed by atoms with Crippen molar-refractivity contribution in [3.63, 3.8) is 0 Å². The van der Waals surface area contributed by atoms with E-state index in [1.165, 1.54) is 6.42 Å². The van der Waals surface area contributed by atoms with Gasteiger partial charge in [0.15, 0.2) is 0 Å². The maximum Gasteiger partial charge on any atom is 0.0930 e. The average molecular weight is 156 g/mol. The van der Waals surface area contributed by atoms with Gasteiger partial charge in [-0.2, -0.15) is 0 Å². The molecule has 2 aliphatic heterocycles. The first kappa shape index (κ1) is 6.55. The van der Waals surface area contributed by atoms with Gasteiger partial charge in [-0.15, -0.1) is 0 Å². The third-order valence-electron chi connectivity index (χ3n) is 3.06. The third kappa shape index (κ3) is 0.596. The number of hydrazine groups is 1. The lowest BCUT2D eigenvalue weighted by atomic mass is 9.60. The molecule has 3 unspecified atom stereocenters. The van der Waals surface area contributed by atoms with Gasteiger partial charge < -0.3 is 5.43 Å². The van der Waals surface area contributed by atoms with Crippen molar-refractivity contribution in [2.75, 3.05) is 0 Å². The summed E-state index contributed by atoms with van der Waals surface area (Å²) in [6.07, 6.45) is 1.21. The number of nitrogens with one attached hydrogen (secondary N) is 2. The first-order chi connectivity index (χ1) is 4.63. The first-order valence-electron chi connectivity index (χ1n) is 3.70. The predicted octanol–water partition coefficient (Wildman–Crippen LogP) is 0.836. The fraction of sp³-hybridized carbons (Fsp3) is 0.857. The summed E-state index contributed by atoms with van der Waals surface area (Å²) >= 11 is 5.12. The van der Waals surface area contributed by atoms with Gasteiger partial charge in [-0.1, -0.05) is 19.1 Å². The highest BCUT2D eigenvalue weighted by Crippen LogP contribution is 2.45. The van der Waals surface area contributed by atoms with Crippen LogP contribution in [0.2, 0.25) is 0 Å². The normalized spacial score (nSPS) is 51.6. The summed E-state index contributed by atoms with van der Waals surface area (Å²) in [7, 11) is 0. The van der Waals surface area contributed by atoms with Crippen molar-refractivity contribution in [1.82, 2.24) is 10.9 Å². The van der Waals surface area contributed by atoms with Crippen LogP contribution in [0.3, 0.4) is 0 Å². The minimum absolute atomic E-state index is 0.312. The van der Waals surface area contributed by atoms with E-state index >= 15 is 0 Å². The number of rotatable bonds is 0. The number of fused-ring (bicyclic) bond motifs is 2. The average Bonchev–Trinajstić information content (AvgIpc) is 1.93. The van der Waals surface area contributed by atoms with Crippen LogP contribution < -0.4 is 10.9 Å². The van der Waals surface area contributed by atoms with Crippen LogP contribution >= 0.6 is 12.2 Å².